The highest BCUT2D eigenvalue weighted by atomic mass is 32.1. The minimum absolute atomic E-state index is 0.0388. The summed E-state index contributed by atoms with van der Waals surface area (Å²) in [6.45, 7) is 2.74. The quantitative estimate of drug-likeness (QED) is 0.211. The lowest BCUT2D eigenvalue weighted by atomic mass is 10.0. The van der Waals surface area contributed by atoms with Crippen LogP contribution in [0.3, 0.4) is 0 Å². The van der Waals surface area contributed by atoms with Crippen LogP contribution in [-0.4, -0.2) is 61.5 Å². The van der Waals surface area contributed by atoms with Crippen molar-refractivity contribution in [2.75, 3.05) is 37.0 Å². The largest absolute Gasteiger partial charge is 0.443 e. The minimum atomic E-state index is -4.73. The van der Waals surface area contributed by atoms with Crippen LogP contribution < -0.4 is 16.0 Å². The van der Waals surface area contributed by atoms with Crippen LogP contribution in [0, 0.1) is 5.41 Å². The number of para-hydroxylation sites is 1. The highest BCUT2D eigenvalue weighted by molar-refractivity contribution is 7.16. The number of nitrogens with two attached hydrogens (primary N) is 1. The highest BCUT2D eigenvalue weighted by Gasteiger charge is 2.38. The number of halogens is 3. The average molecular weight is 574 g/mol. The Balaban J connectivity index is 1.63. The summed E-state index contributed by atoms with van der Waals surface area (Å²) < 4.78 is 50.9. The maximum atomic E-state index is 13.4. The van der Waals surface area contributed by atoms with E-state index in [4.69, 9.17) is 20.6 Å². The lowest BCUT2D eigenvalue weighted by Crippen LogP contribution is -2.30. The number of nitrogens with zero attached hydrogens (tertiary/aromatic N) is 4. The molecule has 40 heavy (non-hydrogen) atoms. The number of amides is 1. The van der Waals surface area contributed by atoms with Crippen molar-refractivity contribution in [2.24, 2.45) is 15.7 Å². The monoisotopic (exact) mass is 573 g/mol. The van der Waals surface area contributed by atoms with Gasteiger partial charge in [0.1, 0.15) is 5.00 Å². The minimum Gasteiger partial charge on any atom is -0.405 e. The molecule has 1 aliphatic heterocycles. The standard InChI is InChI=1S/C26H26F3N7O3S/c1-3-38-14-13-36(2)23-19(34-24(40-23)26(27,28)29)20(30)39-25(31)35-21-22(37)32-17-12-8-7-11-16(17)18(33-21)15-9-5-4-6-10-15/h4-12,21,30H,3,13-14H2,1-2H3,(H2,31,35)(H,32,37). The van der Waals surface area contributed by atoms with Crippen LogP contribution in [0.1, 0.15) is 28.8 Å². The molecule has 1 aliphatic rings. The lowest BCUT2D eigenvalue weighted by molar-refractivity contribution is -0.137. The summed E-state index contributed by atoms with van der Waals surface area (Å²) in [6.07, 6.45) is -6.13. The van der Waals surface area contributed by atoms with Crippen LogP contribution in [0.4, 0.5) is 23.9 Å². The van der Waals surface area contributed by atoms with E-state index < -0.39 is 35.2 Å². The summed E-state index contributed by atoms with van der Waals surface area (Å²) >= 11 is 0.364. The molecule has 10 nitrogen and oxygen atoms in total. The van der Waals surface area contributed by atoms with E-state index in [1.54, 1.807) is 38.2 Å². The third-order valence-corrected chi connectivity index (χ3v) is 6.83. The van der Waals surface area contributed by atoms with Crippen molar-refractivity contribution in [2.45, 2.75) is 19.3 Å². The van der Waals surface area contributed by atoms with Crippen molar-refractivity contribution in [3.05, 3.63) is 76.4 Å². The summed E-state index contributed by atoms with van der Waals surface area (Å²) in [6, 6.07) is 15.6. The predicted octanol–water partition coefficient (Wildman–Crippen LogP) is 4.11. The van der Waals surface area contributed by atoms with Gasteiger partial charge >= 0.3 is 6.18 Å². The normalized spacial score (nSPS) is 15.5. The second-order valence-corrected chi connectivity index (χ2v) is 9.42. The molecule has 0 fully saturated rings. The molecule has 0 aliphatic carbocycles. The molecular formula is C26H26F3N7O3S. The Labute approximate surface area is 231 Å². The van der Waals surface area contributed by atoms with Gasteiger partial charge in [-0.15, -0.1) is 0 Å². The molecule has 0 spiro atoms. The van der Waals surface area contributed by atoms with Crippen LogP contribution in [0.2, 0.25) is 0 Å². The summed E-state index contributed by atoms with van der Waals surface area (Å²) in [5.41, 5.74) is 7.92. The van der Waals surface area contributed by atoms with Gasteiger partial charge in [0.25, 0.3) is 11.9 Å². The molecule has 0 saturated heterocycles. The zero-order chi connectivity index (χ0) is 28.9. The molecule has 0 saturated carbocycles. The number of amidine groups is 1. The van der Waals surface area contributed by atoms with E-state index in [9.17, 15) is 18.0 Å². The Bertz CT molecular complexity index is 1440. The van der Waals surface area contributed by atoms with E-state index in [1.165, 1.54) is 4.90 Å². The van der Waals surface area contributed by atoms with Gasteiger partial charge < -0.3 is 25.4 Å². The van der Waals surface area contributed by atoms with Gasteiger partial charge in [0.2, 0.25) is 17.1 Å². The van der Waals surface area contributed by atoms with Crippen molar-refractivity contribution >= 4 is 45.6 Å². The van der Waals surface area contributed by atoms with E-state index in [-0.39, 0.29) is 23.8 Å². The third-order valence-electron chi connectivity index (χ3n) is 5.62. The number of rotatable bonds is 8. The number of carbonyl (C=O) groups is 1. The number of likely N-dealkylation sites (N-methyl/N-ethyl adjacent to an activating group) is 1. The first-order chi connectivity index (χ1) is 19.1. The Morgan fingerprint density at radius 1 is 1.20 bits per heavy atom. The van der Waals surface area contributed by atoms with E-state index >= 15 is 0 Å². The molecule has 1 atom stereocenters. The number of carbonyl (C=O) groups excluding carboxylic acids is 1. The summed E-state index contributed by atoms with van der Waals surface area (Å²) in [5, 5.41) is 9.95. The van der Waals surface area contributed by atoms with Crippen molar-refractivity contribution in [1.29, 1.82) is 5.41 Å². The SMILES string of the molecule is CCOCCN(C)c1sc(C(F)(F)F)nc1C(=N)O/C(N)=N/C1N=C(c2ccccc2)c2ccccc2NC1=O. The zero-order valence-electron chi connectivity index (χ0n) is 21.5. The highest BCUT2D eigenvalue weighted by Crippen LogP contribution is 2.38. The number of hydrogen-bond donors (Lipinski definition) is 3. The summed E-state index contributed by atoms with van der Waals surface area (Å²) in [7, 11) is 1.55. The number of ether oxygens (including phenoxy) is 2. The Hall–Kier alpha value is -4.30. The number of benzodiazepines with no additional fused rings is 1. The predicted molar refractivity (Wildman–Crippen MR) is 147 cm³/mol. The molecule has 1 amide bonds. The molecule has 0 bridgehead atoms. The smallest absolute Gasteiger partial charge is 0.405 e. The fourth-order valence-electron chi connectivity index (χ4n) is 3.75. The van der Waals surface area contributed by atoms with E-state index in [1.807, 2.05) is 30.3 Å². The fourth-order valence-corrected chi connectivity index (χ4v) is 4.66. The first kappa shape index (κ1) is 28.7. The van der Waals surface area contributed by atoms with E-state index in [2.05, 4.69) is 20.3 Å². The second kappa shape index (κ2) is 12.3. The molecule has 4 N–H and O–H groups in total. The van der Waals surface area contributed by atoms with Crippen LogP contribution in [-0.2, 0) is 20.4 Å². The summed E-state index contributed by atoms with van der Waals surface area (Å²) in [4.78, 5) is 26.6. The first-order valence-corrected chi connectivity index (χ1v) is 12.9. The number of aliphatic imine (C=N–C) groups is 2. The van der Waals surface area contributed by atoms with Gasteiger partial charge in [-0.25, -0.2) is 9.98 Å². The molecular weight excluding hydrogens is 547 g/mol. The molecule has 2 aromatic carbocycles. The number of benzene rings is 2. The molecule has 0 radical (unpaired) electrons. The van der Waals surface area contributed by atoms with Gasteiger partial charge in [-0.3, -0.25) is 10.2 Å². The maximum Gasteiger partial charge on any atom is 0.443 e. The van der Waals surface area contributed by atoms with Crippen LogP contribution >= 0.6 is 11.3 Å². The van der Waals surface area contributed by atoms with Crippen LogP contribution in [0.15, 0.2) is 64.6 Å². The Morgan fingerprint density at radius 2 is 1.90 bits per heavy atom. The van der Waals surface area contributed by atoms with Crippen LogP contribution in [0.5, 0.6) is 0 Å². The van der Waals surface area contributed by atoms with Gasteiger partial charge in [-0.05, 0) is 13.0 Å². The van der Waals surface area contributed by atoms with Crippen molar-refractivity contribution in [1.82, 2.24) is 4.98 Å². The lowest BCUT2D eigenvalue weighted by Gasteiger charge is -2.18. The average Bonchev–Trinajstić information content (AvgIpc) is 3.33. The van der Waals surface area contributed by atoms with Crippen molar-refractivity contribution in [3.63, 3.8) is 0 Å². The van der Waals surface area contributed by atoms with Gasteiger partial charge in [-0.1, -0.05) is 59.9 Å². The zero-order valence-corrected chi connectivity index (χ0v) is 22.3. The maximum absolute atomic E-state index is 13.4. The number of thiazole rings is 1. The molecule has 4 rings (SSSR count). The number of alkyl halides is 3. The number of hydrogen-bond acceptors (Lipinski definition) is 9. The number of anilines is 2. The van der Waals surface area contributed by atoms with Crippen LogP contribution in [0.25, 0.3) is 0 Å². The molecule has 1 aromatic heterocycles. The fraction of sp³-hybridized carbons (Fsp3) is 0.269. The van der Waals surface area contributed by atoms with E-state index in [0.29, 0.717) is 34.9 Å². The van der Waals surface area contributed by atoms with Crippen molar-refractivity contribution < 1.29 is 27.4 Å². The van der Waals surface area contributed by atoms with Gasteiger partial charge in [0.05, 0.1) is 18.0 Å². The molecule has 2 heterocycles. The second-order valence-electron chi connectivity index (χ2n) is 8.44. The summed E-state index contributed by atoms with van der Waals surface area (Å²) in [5.74, 6) is -1.38. The topological polar surface area (TPSA) is 138 Å². The van der Waals surface area contributed by atoms with Gasteiger partial charge in [0.15, 0.2) is 5.69 Å². The molecule has 210 valence electrons. The Morgan fingerprint density at radius 3 is 2.60 bits per heavy atom. The van der Waals surface area contributed by atoms with E-state index in [0.717, 1.165) is 5.56 Å². The van der Waals surface area contributed by atoms with Gasteiger partial charge in [0, 0.05) is 31.3 Å². The number of nitrogens with one attached hydrogen (secondary N) is 2. The number of aromatic nitrogens is 1. The molecule has 3 aromatic rings. The van der Waals surface area contributed by atoms with Gasteiger partial charge in [-0.2, -0.15) is 18.2 Å². The van der Waals surface area contributed by atoms with Crippen molar-refractivity contribution in [3.8, 4) is 0 Å². The first-order valence-electron chi connectivity index (χ1n) is 12.1. The Kier molecular flexibility index (Phi) is 8.80. The molecule has 14 heteroatoms. The number of fused-ring (bicyclic) bond motifs is 1. The molecule has 1 unspecified atom stereocenters. The third kappa shape index (κ3) is 6.63.